The second-order valence-corrected chi connectivity index (χ2v) is 10.9. The molecule has 9 nitrogen and oxygen atoms in total. The summed E-state index contributed by atoms with van der Waals surface area (Å²) in [5, 5.41) is 10.3. The number of likely N-dealkylation sites (tertiary alicyclic amines) is 1. The van der Waals surface area contributed by atoms with Gasteiger partial charge in [0.25, 0.3) is 0 Å². The van der Waals surface area contributed by atoms with Crippen LogP contribution < -0.4 is 4.31 Å². The van der Waals surface area contributed by atoms with Gasteiger partial charge in [-0.1, -0.05) is 6.07 Å². The molecule has 1 N–H and O–H groups in total. The zero-order chi connectivity index (χ0) is 23.2. The van der Waals surface area contributed by atoms with Gasteiger partial charge in [-0.2, -0.15) is 0 Å². The fourth-order valence-corrected chi connectivity index (χ4v) is 7.30. The normalized spacial score (nSPS) is 25.0. The molecule has 0 radical (unpaired) electrons. The average Bonchev–Trinajstić information content (AvgIpc) is 3.32. The highest BCUT2D eigenvalue weighted by Crippen LogP contribution is 2.44. The highest BCUT2D eigenvalue weighted by atomic mass is 32.2. The molecule has 2 aliphatic rings. The number of rotatable bonds is 4. The second kappa shape index (κ2) is 8.11. The van der Waals surface area contributed by atoms with Gasteiger partial charge in [0.2, 0.25) is 10.0 Å². The van der Waals surface area contributed by atoms with Crippen LogP contribution in [0.15, 0.2) is 47.6 Å². The summed E-state index contributed by atoms with van der Waals surface area (Å²) in [6.45, 7) is 5.41. The smallest absolute Gasteiger partial charge is 0.236 e. The molecule has 0 aliphatic carbocycles. The SMILES string of the molecule is Cc1ocnc1-c1cc(CN2CC[C@]3(CCS(=O)(=O)N3c3cnccn3)C[C@@H]2C)ccc1O. The van der Waals surface area contributed by atoms with Gasteiger partial charge in [0.05, 0.1) is 17.5 Å². The Hall–Kier alpha value is -2.98. The van der Waals surface area contributed by atoms with Gasteiger partial charge in [0.1, 0.15) is 17.2 Å². The van der Waals surface area contributed by atoms with Gasteiger partial charge in [0.15, 0.2) is 12.2 Å². The largest absolute Gasteiger partial charge is 0.507 e. The van der Waals surface area contributed by atoms with E-state index in [1.807, 2.05) is 19.1 Å². The van der Waals surface area contributed by atoms with Crippen LogP contribution in [-0.4, -0.2) is 57.3 Å². The van der Waals surface area contributed by atoms with E-state index in [-0.39, 0.29) is 17.5 Å². The van der Waals surface area contributed by atoms with Crippen molar-refractivity contribution in [2.24, 2.45) is 0 Å². The third-order valence-corrected chi connectivity index (χ3v) is 8.75. The standard InChI is InChI=1S/C23H27N5O4S/c1-16-12-23(6-10-33(30,31)28(23)21-13-24-7-8-25-21)5-9-27(16)14-18-3-4-20(29)19(11-18)22-17(2)32-15-26-22/h3-4,7-8,11,13,15-16,29H,5-6,9-10,12,14H2,1-2H3/t16-,23-/m0/s1. The molecular formula is C23H27N5O4S. The summed E-state index contributed by atoms with van der Waals surface area (Å²) in [5.41, 5.74) is 1.87. The molecule has 33 heavy (non-hydrogen) atoms. The van der Waals surface area contributed by atoms with Gasteiger partial charge in [-0.3, -0.25) is 9.88 Å². The molecule has 2 aromatic heterocycles. The quantitative estimate of drug-likeness (QED) is 0.620. The number of aryl methyl sites for hydroxylation is 1. The third-order valence-electron chi connectivity index (χ3n) is 6.90. The summed E-state index contributed by atoms with van der Waals surface area (Å²) in [6, 6.07) is 5.71. The van der Waals surface area contributed by atoms with Crippen molar-refractivity contribution in [3.05, 3.63) is 54.5 Å². The molecule has 4 heterocycles. The van der Waals surface area contributed by atoms with Gasteiger partial charge < -0.3 is 9.52 Å². The van der Waals surface area contributed by atoms with Crippen LogP contribution in [0.1, 0.15) is 37.5 Å². The maximum Gasteiger partial charge on any atom is 0.236 e. The van der Waals surface area contributed by atoms with Crippen LogP contribution in [0.4, 0.5) is 5.82 Å². The minimum Gasteiger partial charge on any atom is -0.507 e. The Balaban J connectivity index is 1.37. The topological polar surface area (TPSA) is 113 Å². The van der Waals surface area contributed by atoms with Crippen LogP contribution in [0, 0.1) is 6.92 Å². The minimum atomic E-state index is -3.42. The lowest BCUT2D eigenvalue weighted by Gasteiger charge is -2.47. The molecule has 0 unspecified atom stereocenters. The highest BCUT2D eigenvalue weighted by molar-refractivity contribution is 7.93. The lowest BCUT2D eigenvalue weighted by Crippen LogP contribution is -2.56. The molecule has 3 aromatic rings. The van der Waals surface area contributed by atoms with Gasteiger partial charge >= 0.3 is 0 Å². The summed E-state index contributed by atoms with van der Waals surface area (Å²) in [4.78, 5) is 15.0. The Morgan fingerprint density at radius 2 is 2.09 bits per heavy atom. The van der Waals surface area contributed by atoms with Crippen molar-refractivity contribution in [3.63, 3.8) is 0 Å². The summed E-state index contributed by atoms with van der Waals surface area (Å²) < 4.78 is 32.7. The van der Waals surface area contributed by atoms with Gasteiger partial charge in [-0.25, -0.2) is 22.7 Å². The number of hydrogen-bond donors (Lipinski definition) is 1. The Morgan fingerprint density at radius 1 is 1.24 bits per heavy atom. The summed E-state index contributed by atoms with van der Waals surface area (Å²) in [6.07, 6.45) is 8.04. The van der Waals surface area contributed by atoms with Crippen molar-refractivity contribution in [3.8, 4) is 17.0 Å². The predicted molar refractivity (Wildman–Crippen MR) is 123 cm³/mol. The van der Waals surface area contributed by atoms with E-state index in [0.29, 0.717) is 35.8 Å². The molecule has 0 amide bonds. The number of hydrogen-bond acceptors (Lipinski definition) is 8. The zero-order valence-corrected chi connectivity index (χ0v) is 19.5. The van der Waals surface area contributed by atoms with E-state index in [1.165, 1.54) is 23.1 Å². The summed E-state index contributed by atoms with van der Waals surface area (Å²) in [5.74, 6) is 1.36. The molecule has 1 spiro atoms. The number of aromatic nitrogens is 3. The number of anilines is 1. The van der Waals surface area contributed by atoms with Gasteiger partial charge in [-0.15, -0.1) is 0 Å². The van der Waals surface area contributed by atoms with Crippen molar-refractivity contribution < 1.29 is 17.9 Å². The Labute approximate surface area is 193 Å². The van der Waals surface area contributed by atoms with Crippen molar-refractivity contribution >= 4 is 15.8 Å². The van der Waals surface area contributed by atoms with E-state index in [4.69, 9.17) is 4.42 Å². The lowest BCUT2D eigenvalue weighted by atomic mass is 9.81. The zero-order valence-electron chi connectivity index (χ0n) is 18.7. The van der Waals surface area contributed by atoms with Crippen molar-refractivity contribution in [2.75, 3.05) is 16.6 Å². The van der Waals surface area contributed by atoms with Crippen LogP contribution in [0.5, 0.6) is 5.75 Å². The third kappa shape index (κ3) is 3.87. The Morgan fingerprint density at radius 3 is 2.79 bits per heavy atom. The van der Waals surface area contributed by atoms with Gasteiger partial charge in [-0.05, 0) is 50.8 Å². The van der Waals surface area contributed by atoms with Crippen molar-refractivity contribution in [1.82, 2.24) is 19.9 Å². The first-order valence-electron chi connectivity index (χ1n) is 11.0. The van der Waals surface area contributed by atoms with Crippen LogP contribution in [0.2, 0.25) is 0 Å². The molecule has 2 fully saturated rings. The van der Waals surface area contributed by atoms with Crippen LogP contribution >= 0.6 is 0 Å². The van der Waals surface area contributed by atoms with E-state index < -0.39 is 15.6 Å². The first-order valence-corrected chi connectivity index (χ1v) is 12.7. The number of sulfonamides is 1. The number of phenolic OH excluding ortho intramolecular Hbond substituents is 1. The molecule has 0 bridgehead atoms. The van der Waals surface area contributed by atoms with E-state index in [1.54, 1.807) is 12.3 Å². The lowest BCUT2D eigenvalue weighted by molar-refractivity contribution is 0.102. The predicted octanol–water partition coefficient (Wildman–Crippen LogP) is 3.11. The maximum absolute atomic E-state index is 12.9. The number of aromatic hydroxyl groups is 1. The van der Waals surface area contributed by atoms with Crippen molar-refractivity contribution in [1.29, 1.82) is 0 Å². The fraction of sp³-hybridized carbons (Fsp3) is 0.435. The molecule has 10 heteroatoms. The highest BCUT2D eigenvalue weighted by Gasteiger charge is 2.53. The number of piperidine rings is 1. The maximum atomic E-state index is 12.9. The van der Waals surface area contributed by atoms with Crippen LogP contribution in [0.25, 0.3) is 11.3 Å². The van der Waals surface area contributed by atoms with E-state index in [0.717, 1.165) is 24.9 Å². The first-order chi connectivity index (χ1) is 15.8. The number of oxazole rings is 1. The number of phenols is 1. The molecule has 1 aromatic carbocycles. The Bertz CT molecular complexity index is 1260. The van der Waals surface area contributed by atoms with Crippen LogP contribution in [-0.2, 0) is 16.6 Å². The Kier molecular flexibility index (Phi) is 5.37. The first kappa shape index (κ1) is 21.8. The average molecular weight is 470 g/mol. The monoisotopic (exact) mass is 469 g/mol. The van der Waals surface area contributed by atoms with E-state index in [9.17, 15) is 13.5 Å². The van der Waals surface area contributed by atoms with E-state index in [2.05, 4.69) is 26.8 Å². The second-order valence-electron chi connectivity index (χ2n) is 9.00. The van der Waals surface area contributed by atoms with Crippen LogP contribution in [0.3, 0.4) is 0 Å². The van der Waals surface area contributed by atoms with Gasteiger partial charge in [0, 0.05) is 37.1 Å². The molecular weight excluding hydrogens is 442 g/mol. The molecule has 174 valence electrons. The van der Waals surface area contributed by atoms with Crippen molar-refractivity contribution in [2.45, 2.75) is 51.2 Å². The molecule has 2 atom stereocenters. The summed E-state index contributed by atoms with van der Waals surface area (Å²) in [7, 11) is -3.42. The number of nitrogens with zero attached hydrogens (tertiary/aromatic N) is 5. The molecule has 5 rings (SSSR count). The molecule has 0 saturated carbocycles. The minimum absolute atomic E-state index is 0.134. The molecule has 2 saturated heterocycles. The summed E-state index contributed by atoms with van der Waals surface area (Å²) >= 11 is 0. The molecule has 2 aliphatic heterocycles. The number of benzene rings is 1. The van der Waals surface area contributed by atoms with E-state index >= 15 is 0 Å². The fourth-order valence-electron chi connectivity index (χ4n) is 5.26.